The summed E-state index contributed by atoms with van der Waals surface area (Å²) in [6.07, 6.45) is 2.01. The van der Waals surface area contributed by atoms with Gasteiger partial charge < -0.3 is 9.88 Å². The van der Waals surface area contributed by atoms with Gasteiger partial charge in [0.1, 0.15) is 0 Å². The normalized spacial score (nSPS) is 16.6. The number of benzene rings is 1. The topological polar surface area (TPSA) is 66.1 Å². The first-order chi connectivity index (χ1) is 9.65. The molecule has 0 atom stereocenters. The van der Waals surface area contributed by atoms with Crippen molar-refractivity contribution in [2.45, 2.75) is 19.8 Å². The van der Waals surface area contributed by atoms with Gasteiger partial charge in [0.15, 0.2) is 5.82 Å². The predicted molar refractivity (Wildman–Crippen MR) is 76.7 cm³/mol. The number of aromatic nitrogens is 2. The van der Waals surface area contributed by atoms with Crippen molar-refractivity contribution in [2.24, 2.45) is 5.92 Å². The lowest BCUT2D eigenvalue weighted by Crippen LogP contribution is -2.39. The Morgan fingerprint density at radius 3 is 2.75 bits per heavy atom. The molecule has 0 bridgehead atoms. The van der Waals surface area contributed by atoms with Gasteiger partial charge in [-0.15, -0.1) is 0 Å². The molecule has 1 N–H and O–H groups in total. The van der Waals surface area contributed by atoms with Crippen LogP contribution in [-0.4, -0.2) is 33.9 Å². The van der Waals surface area contributed by atoms with Gasteiger partial charge in [-0.3, -0.25) is 9.59 Å². The standard InChI is InChI=1S/C15H17N3O2/c1-10-6-8-18(9-7-10)15(20)13-16-12-5-3-2-4-11(12)14(19)17-13/h2-5,10H,6-9H2,1H3,(H,16,17,19). The van der Waals surface area contributed by atoms with Crippen LogP contribution in [0.2, 0.25) is 0 Å². The van der Waals surface area contributed by atoms with Crippen molar-refractivity contribution in [1.29, 1.82) is 0 Å². The molecule has 0 unspecified atom stereocenters. The third-order valence-electron chi connectivity index (χ3n) is 3.89. The minimum absolute atomic E-state index is 0.142. The Labute approximate surface area is 116 Å². The average Bonchev–Trinajstić information content (AvgIpc) is 2.47. The fraction of sp³-hybridized carbons (Fsp3) is 0.400. The van der Waals surface area contributed by atoms with Crippen LogP contribution in [0.25, 0.3) is 10.9 Å². The molecule has 0 saturated carbocycles. The fourth-order valence-electron chi connectivity index (χ4n) is 2.55. The summed E-state index contributed by atoms with van der Waals surface area (Å²) < 4.78 is 0. The third-order valence-corrected chi connectivity index (χ3v) is 3.89. The molecule has 2 aromatic rings. The van der Waals surface area contributed by atoms with Gasteiger partial charge in [0.2, 0.25) is 0 Å². The Balaban J connectivity index is 1.94. The highest BCUT2D eigenvalue weighted by atomic mass is 16.2. The summed E-state index contributed by atoms with van der Waals surface area (Å²) in [5.74, 6) is 0.616. The highest BCUT2D eigenvalue weighted by Gasteiger charge is 2.23. The summed E-state index contributed by atoms with van der Waals surface area (Å²) >= 11 is 0. The van der Waals surface area contributed by atoms with Crippen molar-refractivity contribution in [3.63, 3.8) is 0 Å². The number of para-hydroxylation sites is 1. The van der Waals surface area contributed by atoms with Gasteiger partial charge >= 0.3 is 0 Å². The predicted octanol–water partition coefficient (Wildman–Crippen LogP) is 1.80. The number of likely N-dealkylation sites (tertiary alicyclic amines) is 1. The number of H-pyrrole nitrogens is 1. The smallest absolute Gasteiger partial charge is 0.289 e. The zero-order valence-electron chi connectivity index (χ0n) is 11.4. The number of carbonyl (C=O) groups is 1. The molecule has 3 rings (SSSR count). The van der Waals surface area contributed by atoms with Gasteiger partial charge in [0.05, 0.1) is 10.9 Å². The zero-order chi connectivity index (χ0) is 14.1. The second-order valence-corrected chi connectivity index (χ2v) is 5.41. The number of hydrogen-bond acceptors (Lipinski definition) is 3. The molecule has 2 heterocycles. The quantitative estimate of drug-likeness (QED) is 0.860. The minimum atomic E-state index is -0.260. The highest BCUT2D eigenvalue weighted by molar-refractivity contribution is 5.92. The molecule has 1 fully saturated rings. The van der Waals surface area contributed by atoms with E-state index < -0.39 is 0 Å². The Morgan fingerprint density at radius 1 is 1.30 bits per heavy atom. The first kappa shape index (κ1) is 12.8. The van der Waals surface area contributed by atoms with Crippen molar-refractivity contribution >= 4 is 16.8 Å². The molecule has 1 aliphatic heterocycles. The maximum absolute atomic E-state index is 12.4. The summed E-state index contributed by atoms with van der Waals surface area (Å²) in [6, 6.07) is 7.05. The van der Waals surface area contributed by atoms with E-state index in [-0.39, 0.29) is 17.3 Å². The van der Waals surface area contributed by atoms with E-state index in [9.17, 15) is 9.59 Å². The average molecular weight is 271 g/mol. The van der Waals surface area contributed by atoms with E-state index >= 15 is 0 Å². The number of fused-ring (bicyclic) bond motifs is 1. The van der Waals surface area contributed by atoms with Gasteiger partial charge in [0.25, 0.3) is 11.5 Å². The van der Waals surface area contributed by atoms with Crippen LogP contribution in [-0.2, 0) is 0 Å². The van der Waals surface area contributed by atoms with Crippen molar-refractivity contribution in [2.75, 3.05) is 13.1 Å². The summed E-state index contributed by atoms with van der Waals surface area (Å²) in [5, 5.41) is 0.510. The van der Waals surface area contributed by atoms with Crippen LogP contribution < -0.4 is 5.56 Å². The van der Waals surface area contributed by atoms with E-state index in [0.29, 0.717) is 16.8 Å². The maximum Gasteiger partial charge on any atom is 0.289 e. The Morgan fingerprint density at radius 2 is 2.00 bits per heavy atom. The van der Waals surface area contributed by atoms with Crippen LogP contribution in [0.4, 0.5) is 0 Å². The number of aromatic amines is 1. The second-order valence-electron chi connectivity index (χ2n) is 5.41. The van der Waals surface area contributed by atoms with Gasteiger partial charge in [-0.25, -0.2) is 4.98 Å². The van der Waals surface area contributed by atoms with Crippen molar-refractivity contribution < 1.29 is 4.79 Å². The van der Waals surface area contributed by atoms with Gasteiger partial charge in [-0.1, -0.05) is 19.1 Å². The molecule has 104 valence electrons. The maximum atomic E-state index is 12.4. The number of amides is 1. The number of nitrogens with zero attached hydrogens (tertiary/aromatic N) is 2. The number of carbonyl (C=O) groups excluding carboxylic acids is 1. The number of nitrogens with one attached hydrogen (secondary N) is 1. The van der Waals surface area contributed by atoms with Crippen LogP contribution >= 0.6 is 0 Å². The van der Waals surface area contributed by atoms with Crippen LogP contribution in [0.15, 0.2) is 29.1 Å². The van der Waals surface area contributed by atoms with E-state index in [0.717, 1.165) is 25.9 Å². The Hall–Kier alpha value is -2.17. The van der Waals surface area contributed by atoms with Crippen LogP contribution in [0.1, 0.15) is 30.4 Å². The molecule has 20 heavy (non-hydrogen) atoms. The molecule has 1 saturated heterocycles. The Kier molecular flexibility index (Phi) is 3.26. The van der Waals surface area contributed by atoms with E-state index in [2.05, 4.69) is 16.9 Å². The van der Waals surface area contributed by atoms with Crippen LogP contribution in [0, 0.1) is 5.92 Å². The first-order valence-corrected chi connectivity index (χ1v) is 6.93. The second kappa shape index (κ2) is 5.07. The lowest BCUT2D eigenvalue weighted by Gasteiger charge is -2.29. The Bertz CT molecular complexity index is 700. The van der Waals surface area contributed by atoms with Gasteiger partial charge in [-0.05, 0) is 30.9 Å². The molecule has 1 aromatic carbocycles. The van der Waals surface area contributed by atoms with Gasteiger partial charge in [0, 0.05) is 13.1 Å². The molecule has 1 amide bonds. The number of rotatable bonds is 1. The lowest BCUT2D eigenvalue weighted by molar-refractivity contribution is 0.0685. The summed E-state index contributed by atoms with van der Waals surface area (Å²) in [6.45, 7) is 3.66. The van der Waals surface area contributed by atoms with Crippen molar-refractivity contribution in [3.05, 3.63) is 40.4 Å². The summed E-state index contributed by atoms with van der Waals surface area (Å²) in [5.41, 5.74) is 0.300. The SMILES string of the molecule is CC1CCN(C(=O)c2nc3ccccc3c(=O)[nH]2)CC1. The molecule has 5 heteroatoms. The van der Waals surface area contributed by atoms with Crippen LogP contribution in [0.3, 0.4) is 0 Å². The van der Waals surface area contributed by atoms with E-state index in [1.807, 2.05) is 6.07 Å². The van der Waals surface area contributed by atoms with Crippen LogP contribution in [0.5, 0.6) is 0 Å². The summed E-state index contributed by atoms with van der Waals surface area (Å²) in [4.78, 5) is 33.0. The molecule has 0 aliphatic carbocycles. The molecule has 1 aliphatic rings. The number of hydrogen-bond donors (Lipinski definition) is 1. The molecule has 1 aromatic heterocycles. The highest BCUT2D eigenvalue weighted by Crippen LogP contribution is 2.17. The zero-order valence-corrected chi connectivity index (χ0v) is 11.4. The van der Waals surface area contributed by atoms with E-state index in [1.54, 1.807) is 23.1 Å². The van der Waals surface area contributed by atoms with Crippen molar-refractivity contribution in [3.8, 4) is 0 Å². The lowest BCUT2D eigenvalue weighted by atomic mass is 9.99. The van der Waals surface area contributed by atoms with E-state index in [1.165, 1.54) is 0 Å². The number of piperidine rings is 1. The molecule has 0 spiro atoms. The third kappa shape index (κ3) is 2.31. The largest absolute Gasteiger partial charge is 0.336 e. The van der Waals surface area contributed by atoms with Crippen molar-refractivity contribution in [1.82, 2.24) is 14.9 Å². The first-order valence-electron chi connectivity index (χ1n) is 6.93. The fourth-order valence-corrected chi connectivity index (χ4v) is 2.55. The molecular weight excluding hydrogens is 254 g/mol. The van der Waals surface area contributed by atoms with E-state index in [4.69, 9.17) is 0 Å². The summed E-state index contributed by atoms with van der Waals surface area (Å²) in [7, 11) is 0. The van der Waals surface area contributed by atoms with Gasteiger partial charge in [-0.2, -0.15) is 0 Å². The molecule has 5 nitrogen and oxygen atoms in total. The molecule has 0 radical (unpaired) electrons. The monoisotopic (exact) mass is 271 g/mol. The minimum Gasteiger partial charge on any atom is -0.336 e. The molecular formula is C15H17N3O2.